The van der Waals surface area contributed by atoms with Gasteiger partial charge in [0.05, 0.1) is 6.54 Å². The van der Waals surface area contributed by atoms with Gasteiger partial charge in [-0.15, -0.1) is 11.3 Å². The van der Waals surface area contributed by atoms with E-state index >= 15 is 0 Å². The lowest BCUT2D eigenvalue weighted by Crippen LogP contribution is -2.37. The Labute approximate surface area is 127 Å². The van der Waals surface area contributed by atoms with Gasteiger partial charge in [0.15, 0.2) is 0 Å². The molecule has 1 heterocycles. The van der Waals surface area contributed by atoms with Crippen molar-refractivity contribution in [3.8, 4) is 10.6 Å². The molecule has 0 radical (unpaired) electrons. The maximum Gasteiger partial charge on any atom is 0.271 e. The van der Waals surface area contributed by atoms with Crippen molar-refractivity contribution < 1.29 is 9.59 Å². The monoisotopic (exact) mass is 303 g/mol. The lowest BCUT2D eigenvalue weighted by atomic mass is 10.2. The minimum Gasteiger partial charge on any atom is -0.355 e. The molecule has 110 valence electrons. The van der Waals surface area contributed by atoms with Gasteiger partial charge < -0.3 is 10.6 Å². The number of nitrogens with one attached hydrogen (secondary N) is 2. The minimum absolute atomic E-state index is 0.0307. The predicted octanol–water partition coefficient (Wildman–Crippen LogP) is 2.07. The first-order chi connectivity index (χ1) is 10.2. The van der Waals surface area contributed by atoms with Gasteiger partial charge in [-0.3, -0.25) is 9.59 Å². The summed E-state index contributed by atoms with van der Waals surface area (Å²) in [6.07, 6.45) is 0.867. The van der Waals surface area contributed by atoms with E-state index < -0.39 is 0 Å². The van der Waals surface area contributed by atoms with Crippen molar-refractivity contribution in [2.24, 2.45) is 0 Å². The highest BCUT2D eigenvalue weighted by Crippen LogP contribution is 2.23. The second-order valence-electron chi connectivity index (χ2n) is 4.44. The van der Waals surface area contributed by atoms with Gasteiger partial charge >= 0.3 is 0 Å². The van der Waals surface area contributed by atoms with E-state index in [-0.39, 0.29) is 18.4 Å². The zero-order valence-corrected chi connectivity index (χ0v) is 12.6. The van der Waals surface area contributed by atoms with Gasteiger partial charge in [-0.05, 0) is 6.42 Å². The molecule has 2 amide bonds. The van der Waals surface area contributed by atoms with Crippen LogP contribution in [0.2, 0.25) is 0 Å². The van der Waals surface area contributed by atoms with Crippen molar-refractivity contribution in [3.63, 3.8) is 0 Å². The minimum atomic E-state index is -0.333. The summed E-state index contributed by atoms with van der Waals surface area (Å²) in [6.45, 7) is 2.56. The fraction of sp³-hybridized carbons (Fsp3) is 0.267. The zero-order chi connectivity index (χ0) is 15.1. The lowest BCUT2D eigenvalue weighted by molar-refractivity contribution is -0.120. The van der Waals surface area contributed by atoms with Crippen molar-refractivity contribution in [2.75, 3.05) is 13.1 Å². The number of hydrogen-bond acceptors (Lipinski definition) is 4. The molecule has 2 N–H and O–H groups in total. The van der Waals surface area contributed by atoms with E-state index in [9.17, 15) is 9.59 Å². The van der Waals surface area contributed by atoms with Gasteiger partial charge in [-0.25, -0.2) is 4.98 Å². The molecule has 6 heteroatoms. The first kappa shape index (κ1) is 15.2. The quantitative estimate of drug-likeness (QED) is 0.858. The number of hydrogen-bond donors (Lipinski definition) is 2. The first-order valence-electron chi connectivity index (χ1n) is 6.76. The molecule has 0 atom stereocenters. The molecule has 0 bridgehead atoms. The summed E-state index contributed by atoms with van der Waals surface area (Å²) in [6, 6.07) is 9.67. The number of aromatic nitrogens is 1. The summed E-state index contributed by atoms with van der Waals surface area (Å²) in [5, 5.41) is 7.75. The molecule has 1 aromatic heterocycles. The van der Waals surface area contributed by atoms with Gasteiger partial charge in [0, 0.05) is 17.5 Å². The number of nitrogens with zero attached hydrogens (tertiary/aromatic N) is 1. The molecule has 0 aliphatic rings. The van der Waals surface area contributed by atoms with Gasteiger partial charge in [-0.2, -0.15) is 0 Å². The van der Waals surface area contributed by atoms with Crippen LogP contribution < -0.4 is 10.6 Å². The maximum atomic E-state index is 11.9. The first-order valence-corrected chi connectivity index (χ1v) is 7.64. The second-order valence-corrected chi connectivity index (χ2v) is 5.29. The maximum absolute atomic E-state index is 11.9. The van der Waals surface area contributed by atoms with E-state index in [1.165, 1.54) is 11.3 Å². The number of amides is 2. The van der Waals surface area contributed by atoms with Crippen molar-refractivity contribution in [3.05, 3.63) is 41.4 Å². The SMILES string of the molecule is CCCNC(=O)CNC(=O)c1csc(-c2ccccc2)n1. The Balaban J connectivity index is 1.92. The highest BCUT2D eigenvalue weighted by atomic mass is 32.1. The van der Waals surface area contributed by atoms with E-state index in [1.54, 1.807) is 5.38 Å². The number of thiazole rings is 1. The molecule has 0 aliphatic carbocycles. The number of rotatable bonds is 6. The van der Waals surface area contributed by atoms with Crippen LogP contribution >= 0.6 is 11.3 Å². The molecule has 0 fully saturated rings. The van der Waals surface area contributed by atoms with Crippen LogP contribution in [0, 0.1) is 0 Å². The van der Waals surface area contributed by atoms with Crippen molar-refractivity contribution in [1.29, 1.82) is 0 Å². The predicted molar refractivity (Wildman–Crippen MR) is 83.2 cm³/mol. The van der Waals surface area contributed by atoms with Crippen LogP contribution in [-0.2, 0) is 4.79 Å². The second kappa shape index (κ2) is 7.54. The van der Waals surface area contributed by atoms with E-state index in [2.05, 4.69) is 15.6 Å². The van der Waals surface area contributed by atoms with Crippen LogP contribution in [0.25, 0.3) is 10.6 Å². The van der Waals surface area contributed by atoms with Gasteiger partial charge in [0.2, 0.25) is 5.91 Å². The smallest absolute Gasteiger partial charge is 0.271 e. The van der Waals surface area contributed by atoms with Crippen molar-refractivity contribution >= 4 is 23.2 Å². The van der Waals surface area contributed by atoms with E-state index in [1.807, 2.05) is 37.3 Å². The fourth-order valence-electron chi connectivity index (χ4n) is 1.67. The van der Waals surface area contributed by atoms with Crippen molar-refractivity contribution in [1.82, 2.24) is 15.6 Å². The zero-order valence-electron chi connectivity index (χ0n) is 11.8. The Morgan fingerprint density at radius 2 is 1.95 bits per heavy atom. The standard InChI is InChI=1S/C15H17N3O2S/c1-2-8-16-13(19)9-17-14(20)12-10-21-15(18-12)11-6-4-3-5-7-11/h3-7,10H,2,8-9H2,1H3,(H,16,19)(H,17,20). The summed E-state index contributed by atoms with van der Waals surface area (Å²) in [4.78, 5) is 27.6. The molecule has 0 saturated heterocycles. The van der Waals surface area contributed by atoms with E-state index in [4.69, 9.17) is 0 Å². The van der Waals surface area contributed by atoms with Crippen LogP contribution in [0.5, 0.6) is 0 Å². The normalized spacial score (nSPS) is 10.1. The largest absolute Gasteiger partial charge is 0.355 e. The molecule has 0 aliphatic heterocycles. The third kappa shape index (κ3) is 4.39. The molecule has 5 nitrogen and oxygen atoms in total. The lowest BCUT2D eigenvalue weighted by Gasteiger charge is -2.04. The Morgan fingerprint density at radius 3 is 2.67 bits per heavy atom. The van der Waals surface area contributed by atoms with Gasteiger partial charge in [0.25, 0.3) is 5.91 Å². The Kier molecular flexibility index (Phi) is 5.45. The Hall–Kier alpha value is -2.21. The molecule has 1 aromatic carbocycles. The summed E-state index contributed by atoms with van der Waals surface area (Å²) in [5.74, 6) is -0.524. The molecular weight excluding hydrogens is 286 g/mol. The van der Waals surface area contributed by atoms with Crippen LogP contribution in [0.1, 0.15) is 23.8 Å². The summed E-state index contributed by atoms with van der Waals surface area (Å²) < 4.78 is 0. The molecule has 0 saturated carbocycles. The van der Waals surface area contributed by atoms with Crippen LogP contribution in [0.3, 0.4) is 0 Å². The van der Waals surface area contributed by atoms with E-state index in [0.29, 0.717) is 12.2 Å². The summed E-state index contributed by atoms with van der Waals surface area (Å²) in [5.41, 5.74) is 1.31. The van der Waals surface area contributed by atoms with Crippen LogP contribution in [0.4, 0.5) is 0 Å². The Morgan fingerprint density at radius 1 is 1.19 bits per heavy atom. The average molecular weight is 303 g/mol. The highest BCUT2D eigenvalue weighted by Gasteiger charge is 2.12. The fourth-order valence-corrected chi connectivity index (χ4v) is 2.48. The van der Waals surface area contributed by atoms with Crippen LogP contribution in [-0.4, -0.2) is 29.9 Å². The van der Waals surface area contributed by atoms with Crippen molar-refractivity contribution in [2.45, 2.75) is 13.3 Å². The molecule has 2 rings (SSSR count). The molecule has 0 spiro atoms. The summed E-state index contributed by atoms with van der Waals surface area (Å²) in [7, 11) is 0. The third-order valence-electron chi connectivity index (χ3n) is 2.74. The van der Waals surface area contributed by atoms with Crippen LogP contribution in [0.15, 0.2) is 35.7 Å². The average Bonchev–Trinajstić information content (AvgIpc) is 3.01. The molecular formula is C15H17N3O2S. The molecule has 0 unspecified atom stereocenters. The number of carbonyl (C=O) groups excluding carboxylic acids is 2. The molecule has 21 heavy (non-hydrogen) atoms. The third-order valence-corrected chi connectivity index (χ3v) is 3.63. The van der Waals surface area contributed by atoms with E-state index in [0.717, 1.165) is 17.0 Å². The highest BCUT2D eigenvalue weighted by molar-refractivity contribution is 7.13. The Bertz CT molecular complexity index is 610. The summed E-state index contributed by atoms with van der Waals surface area (Å²) >= 11 is 1.41. The molecule has 2 aromatic rings. The topological polar surface area (TPSA) is 71.1 Å². The number of benzene rings is 1. The van der Waals surface area contributed by atoms with Gasteiger partial charge in [-0.1, -0.05) is 37.3 Å². The number of carbonyl (C=O) groups is 2. The van der Waals surface area contributed by atoms with Gasteiger partial charge in [0.1, 0.15) is 10.7 Å².